The number of carbonyl (C=O) groups excluding carboxylic acids is 1. The summed E-state index contributed by atoms with van der Waals surface area (Å²) >= 11 is 2.45. The molecule has 0 radical (unpaired) electrons. The number of fused-ring (bicyclic) bond motifs is 1. The Kier molecular flexibility index (Phi) is 6.19. The number of nitrogens with zero attached hydrogens (tertiary/aromatic N) is 6. The quantitative estimate of drug-likeness (QED) is 0.133. The number of hydrazone groups is 1. The average Bonchev–Trinajstić information content (AvgIpc) is 3.48. The average molecular weight is 481 g/mol. The number of nitro groups is 2. The fraction of sp³-hybridized carbons (Fsp3) is 0. The number of benzene rings is 2. The first kappa shape index (κ1) is 21.8. The first-order valence-electron chi connectivity index (χ1n) is 9.04. The Hall–Kier alpha value is -4.43. The summed E-state index contributed by atoms with van der Waals surface area (Å²) in [6, 6.07) is 12.9. The number of non-ortho nitro benzene ring substituents is 2. The van der Waals surface area contributed by atoms with Gasteiger partial charge in [-0.3, -0.25) is 25.0 Å². The maximum absolute atomic E-state index is 12.4. The number of rotatable bonds is 6. The Bertz CT molecular complexity index is 1410. The van der Waals surface area contributed by atoms with Gasteiger partial charge in [-0.05, 0) is 29.6 Å². The molecule has 4 rings (SSSR count). The van der Waals surface area contributed by atoms with E-state index in [4.69, 9.17) is 0 Å². The molecule has 0 saturated carbocycles. The third-order valence-electron chi connectivity index (χ3n) is 4.15. The molecule has 1 amide bonds. The van der Waals surface area contributed by atoms with Crippen LogP contribution in [0.25, 0.3) is 10.2 Å². The van der Waals surface area contributed by atoms with Gasteiger partial charge >= 0.3 is 0 Å². The van der Waals surface area contributed by atoms with E-state index in [-0.39, 0.29) is 27.9 Å². The summed E-state index contributed by atoms with van der Waals surface area (Å²) in [5, 5.41) is 35.9. The number of hydrogen-bond donors (Lipinski definition) is 1. The van der Waals surface area contributed by atoms with E-state index in [0.29, 0.717) is 15.1 Å². The Balaban J connectivity index is 1.56. The van der Waals surface area contributed by atoms with E-state index in [2.05, 4.69) is 25.7 Å². The molecule has 0 spiro atoms. The van der Waals surface area contributed by atoms with Crippen LogP contribution in [0.1, 0.15) is 15.2 Å². The van der Waals surface area contributed by atoms with Crippen molar-refractivity contribution in [1.82, 2.24) is 10.4 Å². The molecule has 2 aromatic carbocycles. The minimum Gasteiger partial charge on any atom is -0.267 e. The molecule has 0 aliphatic heterocycles. The SMILES string of the molecule is O=C(N/N=C(\N=Nc1nc2ccc([N+](=O)[O-])cc2s1)c1cccs1)c1ccc([N+](=O)[O-])cc1. The summed E-state index contributed by atoms with van der Waals surface area (Å²) in [4.78, 5) is 37.9. The zero-order chi connectivity index (χ0) is 23.4. The van der Waals surface area contributed by atoms with Crippen molar-refractivity contribution in [3.63, 3.8) is 0 Å². The van der Waals surface area contributed by atoms with E-state index >= 15 is 0 Å². The summed E-state index contributed by atoms with van der Waals surface area (Å²) in [5.41, 5.74) is 2.89. The van der Waals surface area contributed by atoms with E-state index in [0.717, 1.165) is 11.3 Å². The van der Waals surface area contributed by atoms with Gasteiger partial charge in [0, 0.05) is 29.8 Å². The molecule has 12 nitrogen and oxygen atoms in total. The summed E-state index contributed by atoms with van der Waals surface area (Å²) in [7, 11) is 0. The first-order chi connectivity index (χ1) is 15.9. The molecule has 14 heteroatoms. The molecule has 164 valence electrons. The van der Waals surface area contributed by atoms with E-state index in [1.165, 1.54) is 53.8 Å². The Labute approximate surface area is 192 Å². The Morgan fingerprint density at radius 3 is 2.39 bits per heavy atom. The monoisotopic (exact) mass is 481 g/mol. The van der Waals surface area contributed by atoms with Gasteiger partial charge in [0.1, 0.15) is 0 Å². The van der Waals surface area contributed by atoms with Gasteiger partial charge in [-0.15, -0.1) is 26.7 Å². The van der Waals surface area contributed by atoms with E-state index in [1.807, 2.05) is 0 Å². The highest BCUT2D eigenvalue weighted by atomic mass is 32.1. The van der Waals surface area contributed by atoms with Crippen molar-refractivity contribution in [2.45, 2.75) is 0 Å². The van der Waals surface area contributed by atoms with Crippen molar-refractivity contribution in [1.29, 1.82) is 0 Å². The highest BCUT2D eigenvalue weighted by Gasteiger charge is 2.12. The molecule has 0 aliphatic carbocycles. The van der Waals surface area contributed by atoms with Gasteiger partial charge in [0.05, 0.1) is 24.9 Å². The van der Waals surface area contributed by atoms with Crippen LogP contribution in [-0.4, -0.2) is 26.6 Å². The van der Waals surface area contributed by atoms with Crippen molar-refractivity contribution >= 4 is 61.1 Å². The van der Waals surface area contributed by atoms with Crippen molar-refractivity contribution in [3.05, 3.63) is 90.6 Å². The standard InChI is InChI=1S/C19H11N7O5S2/c27-18(11-3-5-12(6-4-11)25(28)29)23-21-17(15-2-1-9-32-15)22-24-19-20-14-8-7-13(26(30)31)10-16(14)33-19/h1-10H,(H,23,27)/b21-17-,24-22?. The number of azo groups is 1. The molecule has 4 aromatic rings. The van der Waals surface area contributed by atoms with Crippen LogP contribution in [0.3, 0.4) is 0 Å². The molecule has 0 atom stereocenters. The minimum atomic E-state index is -0.582. The predicted molar refractivity (Wildman–Crippen MR) is 122 cm³/mol. The number of nitro benzene ring substituents is 2. The van der Waals surface area contributed by atoms with E-state index in [9.17, 15) is 25.0 Å². The molecule has 0 aliphatic rings. The molecule has 33 heavy (non-hydrogen) atoms. The van der Waals surface area contributed by atoms with E-state index < -0.39 is 15.8 Å². The van der Waals surface area contributed by atoms with Gasteiger partial charge in [0.2, 0.25) is 11.0 Å². The summed E-state index contributed by atoms with van der Waals surface area (Å²) in [6.07, 6.45) is 0. The third kappa shape index (κ3) is 5.08. The highest BCUT2D eigenvalue weighted by Crippen LogP contribution is 2.31. The highest BCUT2D eigenvalue weighted by molar-refractivity contribution is 7.22. The predicted octanol–water partition coefficient (Wildman–Crippen LogP) is 5.05. The van der Waals surface area contributed by atoms with Gasteiger partial charge in [-0.1, -0.05) is 17.4 Å². The van der Waals surface area contributed by atoms with Gasteiger partial charge < -0.3 is 0 Å². The maximum atomic E-state index is 12.4. The largest absolute Gasteiger partial charge is 0.271 e. The fourth-order valence-corrected chi connectivity index (χ4v) is 4.06. The van der Waals surface area contributed by atoms with Crippen LogP contribution in [0.4, 0.5) is 16.5 Å². The lowest BCUT2D eigenvalue weighted by Crippen LogP contribution is -2.19. The number of amides is 1. The number of aromatic nitrogens is 1. The van der Waals surface area contributed by atoms with E-state index in [1.54, 1.807) is 17.5 Å². The van der Waals surface area contributed by atoms with Gasteiger partial charge in [-0.2, -0.15) is 0 Å². The molecule has 0 bridgehead atoms. The lowest BCUT2D eigenvalue weighted by atomic mass is 10.2. The molecular formula is C19H11N7O5S2. The normalized spacial score (nSPS) is 11.7. The van der Waals surface area contributed by atoms with Crippen LogP contribution in [0.2, 0.25) is 0 Å². The summed E-state index contributed by atoms with van der Waals surface area (Å²) in [5.74, 6) is -0.466. The molecule has 1 N–H and O–H groups in total. The van der Waals surface area contributed by atoms with Gasteiger partial charge in [0.15, 0.2) is 0 Å². The molecule has 0 unspecified atom stereocenters. The van der Waals surface area contributed by atoms with Crippen LogP contribution in [0, 0.1) is 20.2 Å². The topological polar surface area (TPSA) is 165 Å². The molecule has 0 fully saturated rings. The second-order valence-electron chi connectivity index (χ2n) is 6.26. The number of amidine groups is 1. The molecule has 2 aromatic heterocycles. The number of thiophene rings is 1. The first-order valence-corrected chi connectivity index (χ1v) is 10.7. The number of carbonyl (C=O) groups is 1. The Morgan fingerprint density at radius 1 is 1.00 bits per heavy atom. The smallest absolute Gasteiger partial charge is 0.267 e. The van der Waals surface area contributed by atoms with Crippen molar-refractivity contribution in [3.8, 4) is 0 Å². The second-order valence-corrected chi connectivity index (χ2v) is 8.22. The maximum Gasteiger partial charge on any atom is 0.271 e. The van der Waals surface area contributed by atoms with Crippen LogP contribution in [-0.2, 0) is 0 Å². The Morgan fingerprint density at radius 2 is 1.73 bits per heavy atom. The number of thiazole rings is 1. The summed E-state index contributed by atoms with van der Waals surface area (Å²) < 4.78 is 0.583. The lowest BCUT2D eigenvalue weighted by Gasteiger charge is -2.01. The fourth-order valence-electron chi connectivity index (χ4n) is 2.58. The van der Waals surface area contributed by atoms with Crippen LogP contribution in [0.15, 0.2) is 75.3 Å². The third-order valence-corrected chi connectivity index (χ3v) is 5.92. The van der Waals surface area contributed by atoms with Crippen LogP contribution >= 0.6 is 22.7 Å². The van der Waals surface area contributed by atoms with Crippen molar-refractivity contribution in [2.75, 3.05) is 0 Å². The van der Waals surface area contributed by atoms with Crippen LogP contribution < -0.4 is 5.43 Å². The van der Waals surface area contributed by atoms with Crippen molar-refractivity contribution < 1.29 is 14.6 Å². The lowest BCUT2D eigenvalue weighted by molar-refractivity contribution is -0.385. The summed E-state index contributed by atoms with van der Waals surface area (Å²) in [6.45, 7) is 0. The zero-order valence-electron chi connectivity index (χ0n) is 16.3. The second kappa shape index (κ2) is 9.37. The molecular weight excluding hydrogens is 470 g/mol. The molecule has 0 saturated heterocycles. The van der Waals surface area contributed by atoms with Gasteiger partial charge in [0.25, 0.3) is 17.3 Å². The zero-order valence-corrected chi connectivity index (χ0v) is 17.9. The van der Waals surface area contributed by atoms with Crippen LogP contribution in [0.5, 0.6) is 0 Å². The molecule has 2 heterocycles. The number of hydrogen-bond acceptors (Lipinski definition) is 10. The number of nitrogens with one attached hydrogen (secondary N) is 1. The van der Waals surface area contributed by atoms with Gasteiger partial charge in [-0.25, -0.2) is 10.4 Å². The van der Waals surface area contributed by atoms with Crippen molar-refractivity contribution in [2.24, 2.45) is 15.3 Å². The minimum absolute atomic E-state index is 0.0515.